The second-order valence-corrected chi connectivity index (χ2v) is 4.23. The summed E-state index contributed by atoms with van der Waals surface area (Å²) in [4.78, 5) is 12.5. The summed E-state index contributed by atoms with van der Waals surface area (Å²) in [6.07, 6.45) is 1.44. The van der Waals surface area contributed by atoms with Crippen molar-refractivity contribution in [1.29, 1.82) is 0 Å². The lowest BCUT2D eigenvalue weighted by molar-refractivity contribution is -0.139. The van der Waals surface area contributed by atoms with Crippen LogP contribution in [0.2, 0.25) is 0 Å². The van der Waals surface area contributed by atoms with Crippen LogP contribution in [-0.4, -0.2) is 46.8 Å². The highest BCUT2D eigenvalue weighted by Gasteiger charge is 2.19. The molecule has 1 heterocycles. The Labute approximate surface area is 84.5 Å². The summed E-state index contributed by atoms with van der Waals surface area (Å²) in [5, 5.41) is 17.9. The summed E-state index contributed by atoms with van der Waals surface area (Å²) < 4.78 is 0. The van der Waals surface area contributed by atoms with Gasteiger partial charge in [-0.2, -0.15) is 0 Å². The van der Waals surface area contributed by atoms with Crippen LogP contribution in [0.15, 0.2) is 0 Å². The minimum absolute atomic E-state index is 0.147. The van der Waals surface area contributed by atoms with Crippen molar-refractivity contribution in [3.05, 3.63) is 0 Å². The molecule has 1 rings (SSSR count). The lowest BCUT2D eigenvalue weighted by Crippen LogP contribution is -2.39. The Bertz CT molecular complexity index is 188. The summed E-state index contributed by atoms with van der Waals surface area (Å²) >= 11 is 0. The Morgan fingerprint density at radius 1 is 1.50 bits per heavy atom. The number of aliphatic hydroxyl groups is 1. The van der Waals surface area contributed by atoms with Crippen LogP contribution in [0, 0.1) is 5.92 Å². The highest BCUT2D eigenvalue weighted by Crippen LogP contribution is 2.16. The molecule has 14 heavy (non-hydrogen) atoms. The molecule has 0 radical (unpaired) electrons. The number of aliphatic hydroxyl groups excluding tert-OH is 1. The molecule has 0 aromatic heterocycles. The monoisotopic (exact) mass is 201 g/mol. The van der Waals surface area contributed by atoms with Gasteiger partial charge in [0.1, 0.15) is 0 Å². The van der Waals surface area contributed by atoms with Gasteiger partial charge in [0.25, 0.3) is 0 Å². The molecule has 1 atom stereocenters. The van der Waals surface area contributed by atoms with Crippen LogP contribution in [0.3, 0.4) is 0 Å². The molecule has 0 spiro atoms. The lowest BCUT2D eigenvalue weighted by atomic mass is 9.99. The molecule has 82 valence electrons. The third kappa shape index (κ3) is 4.07. The topological polar surface area (TPSA) is 60.8 Å². The molecule has 0 aromatic rings. The lowest BCUT2D eigenvalue weighted by Gasteiger charge is -2.31. The number of aliphatic carboxylic acids is 1. The number of piperidine rings is 1. The van der Waals surface area contributed by atoms with Crippen molar-refractivity contribution in [2.45, 2.75) is 32.3 Å². The van der Waals surface area contributed by atoms with Crippen molar-refractivity contribution in [2.75, 3.05) is 19.6 Å². The standard InChI is InChI=1S/C10H19NO3/c1-8-2-4-11(5-3-8)7-9(12)6-10(13)14/h8-9,12H,2-7H2,1H3,(H,13,14). The van der Waals surface area contributed by atoms with Gasteiger partial charge in [0, 0.05) is 6.54 Å². The quantitative estimate of drug-likeness (QED) is 0.697. The number of nitrogens with zero attached hydrogens (tertiary/aromatic N) is 1. The zero-order chi connectivity index (χ0) is 10.6. The van der Waals surface area contributed by atoms with E-state index < -0.39 is 12.1 Å². The Morgan fingerprint density at radius 3 is 2.57 bits per heavy atom. The molecular weight excluding hydrogens is 182 g/mol. The number of carboxylic acids is 1. The number of carboxylic acid groups (broad SMARTS) is 1. The summed E-state index contributed by atoms with van der Waals surface area (Å²) in [5.74, 6) is -0.161. The highest BCUT2D eigenvalue weighted by atomic mass is 16.4. The van der Waals surface area contributed by atoms with Crippen molar-refractivity contribution in [2.24, 2.45) is 5.92 Å². The molecular formula is C10H19NO3. The molecule has 1 saturated heterocycles. The van der Waals surface area contributed by atoms with Crippen molar-refractivity contribution >= 4 is 5.97 Å². The zero-order valence-corrected chi connectivity index (χ0v) is 8.65. The molecule has 0 amide bonds. The van der Waals surface area contributed by atoms with Gasteiger partial charge in [0.15, 0.2) is 0 Å². The van der Waals surface area contributed by atoms with Crippen LogP contribution >= 0.6 is 0 Å². The molecule has 0 aromatic carbocycles. The fourth-order valence-corrected chi connectivity index (χ4v) is 1.81. The van der Waals surface area contributed by atoms with E-state index in [1.54, 1.807) is 0 Å². The summed E-state index contributed by atoms with van der Waals surface area (Å²) in [5.41, 5.74) is 0. The molecule has 1 unspecified atom stereocenters. The fourth-order valence-electron chi connectivity index (χ4n) is 1.81. The smallest absolute Gasteiger partial charge is 0.306 e. The summed E-state index contributed by atoms with van der Waals surface area (Å²) in [6.45, 7) is 4.69. The molecule has 4 nitrogen and oxygen atoms in total. The van der Waals surface area contributed by atoms with Crippen molar-refractivity contribution < 1.29 is 15.0 Å². The summed E-state index contributed by atoms with van der Waals surface area (Å²) in [7, 11) is 0. The van der Waals surface area contributed by atoms with Crippen LogP contribution in [-0.2, 0) is 4.79 Å². The van der Waals surface area contributed by atoms with Gasteiger partial charge in [0.05, 0.1) is 12.5 Å². The molecule has 1 aliphatic rings. The fraction of sp³-hybridized carbons (Fsp3) is 0.900. The molecule has 0 saturated carbocycles. The van der Waals surface area contributed by atoms with Gasteiger partial charge >= 0.3 is 5.97 Å². The number of β-amino-alcohol motifs (C(OH)–C–C–N with tert-alkyl or cyclic N) is 1. The Morgan fingerprint density at radius 2 is 2.07 bits per heavy atom. The van der Waals surface area contributed by atoms with Gasteiger partial charge in [-0.3, -0.25) is 4.79 Å². The van der Waals surface area contributed by atoms with Crippen LogP contribution in [0.5, 0.6) is 0 Å². The van der Waals surface area contributed by atoms with E-state index in [0.29, 0.717) is 6.54 Å². The van der Waals surface area contributed by atoms with Gasteiger partial charge < -0.3 is 15.1 Å². The van der Waals surface area contributed by atoms with Gasteiger partial charge in [0.2, 0.25) is 0 Å². The Kier molecular flexibility index (Phi) is 4.35. The third-order valence-corrected chi connectivity index (χ3v) is 2.76. The van der Waals surface area contributed by atoms with Crippen LogP contribution in [0.25, 0.3) is 0 Å². The Balaban J connectivity index is 2.20. The van der Waals surface area contributed by atoms with Crippen LogP contribution in [0.1, 0.15) is 26.2 Å². The molecule has 1 aliphatic heterocycles. The van der Waals surface area contributed by atoms with E-state index in [1.807, 2.05) is 0 Å². The van der Waals surface area contributed by atoms with E-state index in [4.69, 9.17) is 5.11 Å². The van der Waals surface area contributed by atoms with E-state index in [9.17, 15) is 9.90 Å². The first-order chi connectivity index (χ1) is 6.58. The average Bonchev–Trinajstić information content (AvgIpc) is 2.07. The number of likely N-dealkylation sites (tertiary alicyclic amines) is 1. The maximum atomic E-state index is 10.3. The minimum Gasteiger partial charge on any atom is -0.481 e. The first kappa shape index (κ1) is 11.5. The minimum atomic E-state index is -0.928. The largest absolute Gasteiger partial charge is 0.481 e. The third-order valence-electron chi connectivity index (χ3n) is 2.76. The maximum absolute atomic E-state index is 10.3. The molecule has 4 heteroatoms. The van der Waals surface area contributed by atoms with Gasteiger partial charge in [-0.05, 0) is 31.8 Å². The van der Waals surface area contributed by atoms with Crippen LogP contribution < -0.4 is 0 Å². The van der Waals surface area contributed by atoms with Gasteiger partial charge in [-0.1, -0.05) is 6.92 Å². The Hall–Kier alpha value is -0.610. The predicted molar refractivity (Wildman–Crippen MR) is 53.1 cm³/mol. The first-order valence-electron chi connectivity index (χ1n) is 5.20. The number of carbonyl (C=O) groups is 1. The molecule has 0 bridgehead atoms. The van der Waals surface area contributed by atoms with E-state index in [2.05, 4.69) is 11.8 Å². The van der Waals surface area contributed by atoms with E-state index in [1.165, 1.54) is 0 Å². The number of hydrogen-bond acceptors (Lipinski definition) is 3. The molecule has 0 aliphatic carbocycles. The van der Waals surface area contributed by atoms with Crippen molar-refractivity contribution in [3.63, 3.8) is 0 Å². The van der Waals surface area contributed by atoms with Gasteiger partial charge in [-0.15, -0.1) is 0 Å². The predicted octanol–water partition coefficient (Wildman–Crippen LogP) is 0.554. The zero-order valence-electron chi connectivity index (χ0n) is 8.65. The van der Waals surface area contributed by atoms with Crippen LogP contribution in [0.4, 0.5) is 0 Å². The van der Waals surface area contributed by atoms with E-state index in [-0.39, 0.29) is 6.42 Å². The average molecular weight is 201 g/mol. The van der Waals surface area contributed by atoms with Crippen molar-refractivity contribution in [3.8, 4) is 0 Å². The normalized spacial score (nSPS) is 22.1. The van der Waals surface area contributed by atoms with E-state index >= 15 is 0 Å². The van der Waals surface area contributed by atoms with Gasteiger partial charge in [-0.25, -0.2) is 0 Å². The second-order valence-electron chi connectivity index (χ2n) is 4.23. The maximum Gasteiger partial charge on any atom is 0.306 e. The summed E-state index contributed by atoms with van der Waals surface area (Å²) in [6, 6.07) is 0. The van der Waals surface area contributed by atoms with E-state index in [0.717, 1.165) is 31.8 Å². The first-order valence-corrected chi connectivity index (χ1v) is 5.20. The molecule has 1 fully saturated rings. The second kappa shape index (κ2) is 5.32. The molecule has 2 N–H and O–H groups in total. The SMILES string of the molecule is CC1CCN(CC(O)CC(=O)O)CC1. The number of hydrogen-bond donors (Lipinski definition) is 2. The number of rotatable bonds is 4. The highest BCUT2D eigenvalue weighted by molar-refractivity contribution is 5.67. The van der Waals surface area contributed by atoms with Crippen molar-refractivity contribution in [1.82, 2.24) is 4.90 Å².